The van der Waals surface area contributed by atoms with Gasteiger partial charge < -0.3 is 48.3 Å². The molecular weight excluding hydrogens is 456 g/mol. The molecule has 188 valence electrons. The average Bonchev–Trinajstić information content (AvgIpc) is 3.22. The van der Waals surface area contributed by atoms with Crippen molar-refractivity contribution in [2.75, 3.05) is 0 Å². The quantitative estimate of drug-likeness (QED) is 0.121. The first-order chi connectivity index (χ1) is 15.8. The lowest BCUT2D eigenvalue weighted by Crippen LogP contribution is -2.60. The zero-order valence-electron chi connectivity index (χ0n) is 18.2. The molecule has 0 spiro atoms. The van der Waals surface area contributed by atoms with Crippen molar-refractivity contribution in [3.05, 3.63) is 18.2 Å². The van der Waals surface area contributed by atoms with Gasteiger partial charge in [0.25, 0.3) is 0 Å². The van der Waals surface area contributed by atoms with Crippen LogP contribution in [0.1, 0.15) is 25.5 Å². The minimum Gasteiger partial charge on any atom is -0.480 e. The fourth-order valence-corrected chi connectivity index (χ4v) is 2.74. The highest BCUT2D eigenvalue weighted by molar-refractivity contribution is 5.96. The van der Waals surface area contributed by atoms with Gasteiger partial charge in [-0.1, -0.05) is 0 Å². The molecule has 5 atom stereocenters. The number of nitrogens with two attached hydrogens (primary N) is 3. The topological polar surface area (TPSA) is 286 Å². The first-order valence-corrected chi connectivity index (χ1v) is 9.93. The summed E-state index contributed by atoms with van der Waals surface area (Å²) in [5.41, 5.74) is 16.4. The second-order valence-electron chi connectivity index (χ2n) is 7.42. The lowest BCUT2D eigenvalue weighted by Gasteiger charge is -2.26. The van der Waals surface area contributed by atoms with E-state index < -0.39 is 78.6 Å². The molecule has 0 fully saturated rings. The molecule has 0 bridgehead atoms. The van der Waals surface area contributed by atoms with Gasteiger partial charge >= 0.3 is 5.97 Å². The summed E-state index contributed by atoms with van der Waals surface area (Å²) in [6, 6.07) is -6.13. The first-order valence-electron chi connectivity index (χ1n) is 9.93. The summed E-state index contributed by atoms with van der Waals surface area (Å²) in [7, 11) is 0. The molecule has 0 saturated heterocycles. The standard InChI is InChI=1S/C18H28N8O8/c1-7(27)14(17(32)25-11(18(33)34)4-13(21)29)26-16(31)10(3-12(20)28)24-15(30)9(19)2-8-5-22-6-23-8/h5-7,9-11,14,27H,2-4,19H2,1H3,(H2,20,28)(H2,21,29)(H,22,23)(H,24,30)(H,25,32)(H,26,31)(H,33,34). The predicted octanol–water partition coefficient (Wildman–Crippen LogP) is -5.05. The van der Waals surface area contributed by atoms with Crippen LogP contribution in [0.2, 0.25) is 0 Å². The molecule has 0 aliphatic rings. The molecule has 1 aromatic rings. The monoisotopic (exact) mass is 484 g/mol. The Morgan fingerprint density at radius 1 is 0.971 bits per heavy atom. The van der Waals surface area contributed by atoms with E-state index in [-0.39, 0.29) is 6.42 Å². The number of amides is 5. The fourth-order valence-electron chi connectivity index (χ4n) is 2.74. The zero-order chi connectivity index (χ0) is 26.0. The van der Waals surface area contributed by atoms with Crippen LogP contribution in [0.25, 0.3) is 0 Å². The van der Waals surface area contributed by atoms with Crippen molar-refractivity contribution in [3.63, 3.8) is 0 Å². The van der Waals surface area contributed by atoms with Crippen molar-refractivity contribution in [1.29, 1.82) is 0 Å². The number of imidazole rings is 1. The van der Waals surface area contributed by atoms with E-state index >= 15 is 0 Å². The second-order valence-corrected chi connectivity index (χ2v) is 7.42. The van der Waals surface area contributed by atoms with E-state index in [1.807, 2.05) is 5.32 Å². The molecule has 0 radical (unpaired) electrons. The smallest absolute Gasteiger partial charge is 0.326 e. The molecule has 34 heavy (non-hydrogen) atoms. The van der Waals surface area contributed by atoms with E-state index in [1.165, 1.54) is 12.5 Å². The number of primary amides is 2. The molecule has 5 amide bonds. The number of hydrogen-bond acceptors (Lipinski definition) is 9. The minimum absolute atomic E-state index is 0.0336. The average molecular weight is 484 g/mol. The number of aliphatic hydroxyl groups is 1. The van der Waals surface area contributed by atoms with Crippen molar-refractivity contribution >= 4 is 35.5 Å². The molecule has 0 aliphatic carbocycles. The third kappa shape index (κ3) is 9.21. The maximum absolute atomic E-state index is 12.7. The maximum atomic E-state index is 12.7. The van der Waals surface area contributed by atoms with Crippen LogP contribution in [-0.2, 0) is 35.2 Å². The summed E-state index contributed by atoms with van der Waals surface area (Å²) in [5, 5.41) is 25.4. The van der Waals surface area contributed by atoms with E-state index in [1.54, 1.807) is 0 Å². The lowest BCUT2D eigenvalue weighted by molar-refractivity contribution is -0.144. The second kappa shape index (κ2) is 12.9. The highest BCUT2D eigenvalue weighted by Crippen LogP contribution is 2.02. The Labute approximate surface area is 193 Å². The third-order valence-electron chi connectivity index (χ3n) is 4.45. The Hall–Kier alpha value is -4.05. The fraction of sp³-hybridized carbons (Fsp3) is 0.500. The molecule has 0 aromatic carbocycles. The van der Waals surface area contributed by atoms with Gasteiger partial charge in [-0.15, -0.1) is 0 Å². The van der Waals surface area contributed by atoms with Crippen LogP contribution in [0.15, 0.2) is 12.5 Å². The van der Waals surface area contributed by atoms with Gasteiger partial charge in [0, 0.05) is 18.3 Å². The van der Waals surface area contributed by atoms with Gasteiger partial charge in [-0.25, -0.2) is 9.78 Å². The molecule has 5 unspecified atom stereocenters. The van der Waals surface area contributed by atoms with Crippen LogP contribution in [0.4, 0.5) is 0 Å². The normalized spacial score (nSPS) is 15.1. The van der Waals surface area contributed by atoms with Crippen molar-refractivity contribution in [2.45, 2.75) is 56.5 Å². The van der Waals surface area contributed by atoms with Gasteiger partial charge in [0.2, 0.25) is 29.5 Å². The number of aliphatic carboxylic acids is 1. The third-order valence-corrected chi connectivity index (χ3v) is 4.45. The molecule has 1 aromatic heterocycles. The van der Waals surface area contributed by atoms with E-state index in [2.05, 4.69) is 20.6 Å². The zero-order valence-corrected chi connectivity index (χ0v) is 18.2. The largest absolute Gasteiger partial charge is 0.480 e. The number of aliphatic hydroxyl groups excluding tert-OH is 1. The number of rotatable bonds is 14. The minimum atomic E-state index is -1.72. The van der Waals surface area contributed by atoms with Gasteiger partial charge in [0.15, 0.2) is 0 Å². The van der Waals surface area contributed by atoms with Gasteiger partial charge in [-0.2, -0.15) is 0 Å². The van der Waals surface area contributed by atoms with Gasteiger partial charge in [-0.05, 0) is 6.92 Å². The molecule has 16 nitrogen and oxygen atoms in total. The van der Waals surface area contributed by atoms with Crippen LogP contribution < -0.4 is 33.2 Å². The summed E-state index contributed by atoms with van der Waals surface area (Å²) in [6.45, 7) is 1.12. The molecule has 0 aliphatic heterocycles. The van der Waals surface area contributed by atoms with E-state index in [9.17, 15) is 33.9 Å². The van der Waals surface area contributed by atoms with Crippen LogP contribution in [0.3, 0.4) is 0 Å². The van der Waals surface area contributed by atoms with Crippen molar-refractivity contribution in [3.8, 4) is 0 Å². The number of nitrogens with one attached hydrogen (secondary N) is 4. The van der Waals surface area contributed by atoms with Gasteiger partial charge in [-0.3, -0.25) is 24.0 Å². The number of carboxylic acid groups (broad SMARTS) is 1. The molecular formula is C18H28N8O8. The molecule has 0 saturated carbocycles. The van der Waals surface area contributed by atoms with E-state index in [0.29, 0.717) is 5.69 Å². The Kier molecular flexibility index (Phi) is 10.6. The molecule has 12 N–H and O–H groups in total. The summed E-state index contributed by atoms with van der Waals surface area (Å²) >= 11 is 0. The number of carbonyl (C=O) groups excluding carboxylic acids is 5. The first kappa shape index (κ1) is 28.0. The number of carboxylic acids is 1. The van der Waals surface area contributed by atoms with Gasteiger partial charge in [0.1, 0.15) is 18.1 Å². The van der Waals surface area contributed by atoms with E-state index in [0.717, 1.165) is 6.92 Å². The SMILES string of the molecule is CC(O)C(NC(=O)C(CC(N)=O)NC(=O)C(N)Cc1cnc[nH]1)C(=O)NC(CC(N)=O)C(=O)O. The number of carbonyl (C=O) groups is 6. The van der Waals surface area contributed by atoms with Gasteiger partial charge in [0.05, 0.1) is 31.3 Å². The van der Waals surface area contributed by atoms with E-state index in [4.69, 9.17) is 22.3 Å². The van der Waals surface area contributed by atoms with Crippen LogP contribution in [0, 0.1) is 0 Å². The number of nitrogens with zero attached hydrogens (tertiary/aromatic N) is 1. The number of hydrogen-bond donors (Lipinski definition) is 9. The summed E-state index contributed by atoms with van der Waals surface area (Å²) in [6.07, 6.45) is -0.0956. The maximum Gasteiger partial charge on any atom is 0.326 e. The Morgan fingerprint density at radius 3 is 2.00 bits per heavy atom. The molecule has 1 heterocycles. The number of aromatic nitrogens is 2. The molecule has 16 heteroatoms. The van der Waals surface area contributed by atoms with Crippen LogP contribution in [-0.4, -0.2) is 86.0 Å². The van der Waals surface area contributed by atoms with Crippen molar-refractivity contribution < 1.29 is 39.0 Å². The number of aromatic amines is 1. The summed E-state index contributed by atoms with van der Waals surface area (Å²) in [5.74, 6) is -6.61. The Bertz CT molecular complexity index is 904. The van der Waals surface area contributed by atoms with Crippen LogP contribution in [0.5, 0.6) is 0 Å². The highest BCUT2D eigenvalue weighted by atomic mass is 16.4. The van der Waals surface area contributed by atoms with Crippen molar-refractivity contribution in [2.24, 2.45) is 17.2 Å². The Balaban J connectivity index is 2.92. The Morgan fingerprint density at radius 2 is 1.53 bits per heavy atom. The highest BCUT2D eigenvalue weighted by Gasteiger charge is 2.33. The van der Waals surface area contributed by atoms with Crippen LogP contribution >= 0.6 is 0 Å². The van der Waals surface area contributed by atoms with Crippen molar-refractivity contribution in [1.82, 2.24) is 25.9 Å². The molecule has 1 rings (SSSR count). The predicted molar refractivity (Wildman–Crippen MR) is 113 cm³/mol. The lowest BCUT2D eigenvalue weighted by atomic mass is 10.1. The summed E-state index contributed by atoms with van der Waals surface area (Å²) < 4.78 is 0. The number of H-pyrrole nitrogens is 1. The summed E-state index contributed by atoms with van der Waals surface area (Å²) in [4.78, 5) is 77.7.